The number of ether oxygens (including phenoxy) is 1. The first kappa shape index (κ1) is 46.2. The maximum Gasteiger partial charge on any atom is 0.293 e. The average molecular weight is 881 g/mol. The minimum absolute atomic E-state index is 0.00700. The SMILES string of the molecule is C=C(CCC1=C(CN2CCN(c3ccc(C(=O)NS(=O)(=O)c4ccc(N[C@H](CCN5CCOCC5)CSc5ccccc5)c([N+](=O)[O-])c4)cc3)CC2)CCC(C)(C)C1)C(F)F. The molecule has 16 heteroatoms. The van der Waals surface area contributed by atoms with Gasteiger partial charge in [-0.1, -0.05) is 49.8 Å². The largest absolute Gasteiger partial charge is 0.379 e. The summed E-state index contributed by atoms with van der Waals surface area (Å²) in [4.78, 5) is 32.5. The maximum absolute atomic E-state index is 13.5. The number of thioether (sulfide) groups is 1. The Morgan fingerprint density at radius 2 is 1.67 bits per heavy atom. The van der Waals surface area contributed by atoms with Crippen LogP contribution in [0.4, 0.5) is 25.8 Å². The number of morpholine rings is 1. The zero-order valence-electron chi connectivity index (χ0n) is 35.1. The van der Waals surface area contributed by atoms with Gasteiger partial charge in [0.15, 0.2) is 0 Å². The van der Waals surface area contributed by atoms with Gasteiger partial charge in [-0.25, -0.2) is 21.9 Å². The number of nitrogens with zero attached hydrogens (tertiary/aromatic N) is 4. The van der Waals surface area contributed by atoms with Crippen molar-refractivity contribution in [3.8, 4) is 0 Å². The molecule has 0 aromatic heterocycles. The summed E-state index contributed by atoms with van der Waals surface area (Å²) in [7, 11) is -4.46. The number of anilines is 2. The van der Waals surface area contributed by atoms with Crippen LogP contribution in [0.25, 0.3) is 0 Å². The number of sulfonamides is 1. The summed E-state index contributed by atoms with van der Waals surface area (Å²) < 4.78 is 60.8. The zero-order chi connectivity index (χ0) is 43.6. The Bertz CT molecular complexity index is 2120. The number of nitrogens with one attached hydrogen (secondary N) is 2. The van der Waals surface area contributed by atoms with E-state index in [1.165, 1.54) is 23.3 Å². The molecule has 0 spiro atoms. The van der Waals surface area contributed by atoms with E-state index in [4.69, 9.17) is 4.74 Å². The molecule has 0 bridgehead atoms. The number of halogens is 2. The Morgan fingerprint density at radius 1 is 0.967 bits per heavy atom. The minimum atomic E-state index is -4.46. The molecule has 2 aliphatic heterocycles. The molecule has 1 atom stereocenters. The molecule has 1 aliphatic carbocycles. The first-order valence-electron chi connectivity index (χ1n) is 21.0. The predicted molar refractivity (Wildman–Crippen MR) is 238 cm³/mol. The monoisotopic (exact) mass is 880 g/mol. The normalized spacial score (nSPS) is 18.2. The van der Waals surface area contributed by atoms with Crippen molar-refractivity contribution in [2.24, 2.45) is 5.41 Å². The molecule has 0 unspecified atom stereocenters. The lowest BCUT2D eigenvalue weighted by atomic mass is 9.73. The second-order valence-electron chi connectivity index (χ2n) is 16.9. The van der Waals surface area contributed by atoms with Crippen LogP contribution in [0.2, 0.25) is 0 Å². The van der Waals surface area contributed by atoms with Crippen LogP contribution < -0.4 is 14.9 Å². The lowest BCUT2D eigenvalue weighted by Crippen LogP contribution is -2.47. The van der Waals surface area contributed by atoms with Gasteiger partial charge in [0.25, 0.3) is 28.0 Å². The standard InChI is InChI=1S/C45H58F2N6O6S2/c1-33(43(46)47)9-10-35-30-45(2,3)19-17-36(35)31-51-21-23-52(24-22-51)38-13-11-34(12-14-38)44(54)49-61(57,58)40-15-16-41(42(29-40)53(55)56)48-37(18-20-50-25-27-59-28-26-50)32-60-39-7-5-4-6-8-39/h4-8,11-16,29,37,43,48H,1,9-10,17-28,30-32H2,2-3H3,(H,49,54)/t37-/m1/s1. The molecule has 3 aromatic carbocycles. The van der Waals surface area contributed by atoms with Crippen molar-refractivity contribution >= 4 is 44.8 Å². The number of rotatable bonds is 19. The number of hydrogen-bond acceptors (Lipinski definition) is 11. The first-order valence-corrected chi connectivity index (χ1v) is 23.5. The van der Waals surface area contributed by atoms with E-state index in [9.17, 15) is 32.1 Å². The highest BCUT2D eigenvalue weighted by Gasteiger charge is 2.30. The van der Waals surface area contributed by atoms with Crippen molar-refractivity contribution in [3.05, 3.63) is 112 Å². The molecular weight excluding hydrogens is 823 g/mol. The molecule has 61 heavy (non-hydrogen) atoms. The van der Waals surface area contributed by atoms with Crippen LogP contribution in [0.5, 0.6) is 0 Å². The van der Waals surface area contributed by atoms with Crippen LogP contribution >= 0.6 is 11.8 Å². The molecule has 2 fully saturated rings. The molecule has 0 saturated carbocycles. The second-order valence-corrected chi connectivity index (χ2v) is 19.7. The highest BCUT2D eigenvalue weighted by atomic mass is 32.2. The van der Waals surface area contributed by atoms with Gasteiger partial charge in [-0.3, -0.25) is 24.7 Å². The Morgan fingerprint density at radius 3 is 2.34 bits per heavy atom. The van der Waals surface area contributed by atoms with E-state index in [0.29, 0.717) is 38.2 Å². The molecule has 12 nitrogen and oxygen atoms in total. The highest BCUT2D eigenvalue weighted by molar-refractivity contribution is 7.99. The van der Waals surface area contributed by atoms with E-state index in [1.807, 2.05) is 30.3 Å². The van der Waals surface area contributed by atoms with E-state index >= 15 is 0 Å². The van der Waals surface area contributed by atoms with Gasteiger partial charge in [-0.05, 0) is 98.0 Å². The molecule has 1 amide bonds. The molecule has 6 rings (SSSR count). The number of piperazine rings is 1. The second kappa shape index (κ2) is 21.1. The van der Waals surface area contributed by atoms with Gasteiger partial charge in [-0.15, -0.1) is 11.8 Å². The Kier molecular flexibility index (Phi) is 16.0. The Hall–Kier alpha value is -4.35. The van der Waals surface area contributed by atoms with E-state index in [-0.39, 0.29) is 28.3 Å². The van der Waals surface area contributed by atoms with Crippen LogP contribution in [-0.4, -0.2) is 113 Å². The number of alkyl halides is 2. The molecule has 330 valence electrons. The number of nitro benzene ring substituents is 1. The summed E-state index contributed by atoms with van der Waals surface area (Å²) >= 11 is 1.63. The maximum atomic E-state index is 13.5. The summed E-state index contributed by atoms with van der Waals surface area (Å²) in [5.74, 6) is -0.222. The summed E-state index contributed by atoms with van der Waals surface area (Å²) in [5, 5.41) is 15.6. The van der Waals surface area contributed by atoms with Crippen molar-refractivity contribution in [2.75, 3.05) is 81.5 Å². The fourth-order valence-corrected chi connectivity index (χ4v) is 10.1. The van der Waals surface area contributed by atoms with Gasteiger partial charge in [0.2, 0.25) is 0 Å². The van der Waals surface area contributed by atoms with Gasteiger partial charge in [-0.2, -0.15) is 0 Å². The van der Waals surface area contributed by atoms with Crippen LogP contribution in [-0.2, 0) is 14.8 Å². The fourth-order valence-electron chi connectivity index (χ4n) is 8.08. The predicted octanol–water partition coefficient (Wildman–Crippen LogP) is 8.24. The number of benzene rings is 3. The lowest BCUT2D eigenvalue weighted by Gasteiger charge is -2.39. The fraction of sp³-hybridized carbons (Fsp3) is 0.489. The molecule has 3 aromatic rings. The number of carbonyl (C=O) groups is 1. The summed E-state index contributed by atoms with van der Waals surface area (Å²) in [6, 6.07) is 20.1. The van der Waals surface area contributed by atoms with Crippen LogP contribution in [0, 0.1) is 15.5 Å². The van der Waals surface area contributed by atoms with Gasteiger partial charge in [0.1, 0.15) is 5.69 Å². The number of carbonyl (C=O) groups excluding carboxylic acids is 1. The minimum Gasteiger partial charge on any atom is -0.379 e. The van der Waals surface area contributed by atoms with Crippen LogP contribution in [0.1, 0.15) is 62.7 Å². The average Bonchev–Trinajstić information content (AvgIpc) is 3.25. The number of allylic oxidation sites excluding steroid dienone is 2. The van der Waals surface area contributed by atoms with Crippen molar-refractivity contribution in [1.29, 1.82) is 0 Å². The van der Waals surface area contributed by atoms with Crippen molar-refractivity contribution in [1.82, 2.24) is 14.5 Å². The van der Waals surface area contributed by atoms with E-state index in [0.717, 1.165) is 88.3 Å². The molecule has 2 N–H and O–H groups in total. The summed E-state index contributed by atoms with van der Waals surface area (Å²) in [5.41, 5.74) is 3.61. The van der Waals surface area contributed by atoms with Gasteiger partial charge >= 0.3 is 0 Å². The van der Waals surface area contributed by atoms with E-state index < -0.39 is 37.9 Å². The van der Waals surface area contributed by atoms with Crippen molar-refractivity contribution in [3.63, 3.8) is 0 Å². The molecule has 2 saturated heterocycles. The lowest BCUT2D eigenvalue weighted by molar-refractivity contribution is -0.384. The molecule has 0 radical (unpaired) electrons. The molecule has 3 aliphatic rings. The third-order valence-electron chi connectivity index (χ3n) is 11.8. The Balaban J connectivity index is 1.05. The molecular formula is C45H58F2N6O6S2. The number of hydrogen-bond donors (Lipinski definition) is 2. The topological polar surface area (TPSA) is 137 Å². The van der Waals surface area contributed by atoms with Crippen LogP contribution in [0.15, 0.2) is 106 Å². The third kappa shape index (κ3) is 13.3. The Labute approximate surface area is 363 Å². The van der Waals surface area contributed by atoms with E-state index in [1.54, 1.807) is 36.0 Å². The number of amides is 1. The number of nitro groups is 1. The van der Waals surface area contributed by atoms with Gasteiger partial charge < -0.3 is 15.0 Å². The van der Waals surface area contributed by atoms with E-state index in [2.05, 4.69) is 45.2 Å². The quantitative estimate of drug-likeness (QED) is 0.0522. The summed E-state index contributed by atoms with van der Waals surface area (Å²) in [6.45, 7) is 15.7. The highest BCUT2D eigenvalue weighted by Crippen LogP contribution is 2.41. The first-order chi connectivity index (χ1) is 29.2. The van der Waals surface area contributed by atoms with Gasteiger partial charge in [0.05, 0.1) is 23.0 Å². The van der Waals surface area contributed by atoms with Gasteiger partial charge in [0, 0.05) is 86.4 Å². The van der Waals surface area contributed by atoms with Crippen LogP contribution in [0.3, 0.4) is 0 Å². The molecule has 2 heterocycles. The summed E-state index contributed by atoms with van der Waals surface area (Å²) in [6.07, 6.45) is 2.08. The van der Waals surface area contributed by atoms with Crippen molar-refractivity contribution in [2.45, 2.75) is 74.6 Å². The van der Waals surface area contributed by atoms with Crippen molar-refractivity contribution < 1.29 is 31.7 Å². The third-order valence-corrected chi connectivity index (χ3v) is 14.3. The smallest absolute Gasteiger partial charge is 0.293 e. The zero-order valence-corrected chi connectivity index (χ0v) is 36.8.